The molecule has 0 saturated heterocycles. The Balaban J connectivity index is 3.29. The number of alkyl halides is 3. The van der Waals surface area contributed by atoms with Crippen LogP contribution in [0.3, 0.4) is 0 Å². The van der Waals surface area contributed by atoms with Crippen LogP contribution in [0.25, 0.3) is 0 Å². The van der Waals surface area contributed by atoms with Crippen LogP contribution in [0.2, 0.25) is 0 Å². The Labute approximate surface area is 144 Å². The van der Waals surface area contributed by atoms with Gasteiger partial charge in [0.25, 0.3) is 0 Å². The van der Waals surface area contributed by atoms with E-state index in [2.05, 4.69) is 13.2 Å². The first kappa shape index (κ1) is 19.3. The van der Waals surface area contributed by atoms with Crippen molar-refractivity contribution in [3.63, 3.8) is 0 Å². The van der Waals surface area contributed by atoms with Crippen molar-refractivity contribution < 1.29 is 12.8 Å². The molecule has 0 saturated carbocycles. The van der Waals surface area contributed by atoms with Crippen LogP contribution in [-0.2, 0) is 10.2 Å². The zero-order chi connectivity index (χ0) is 16.8. The normalized spacial score (nSPS) is 12.2. The van der Waals surface area contributed by atoms with Gasteiger partial charge in [-0.15, -0.1) is 13.2 Å². The van der Waals surface area contributed by atoms with E-state index in [0.717, 1.165) is 8.02 Å². The van der Waals surface area contributed by atoms with Crippen molar-refractivity contribution in [1.29, 1.82) is 0 Å². The third-order valence-electron chi connectivity index (χ3n) is 2.35. The van der Waals surface area contributed by atoms with E-state index >= 15 is 0 Å². The Hall–Kier alpha value is -0.730. The largest absolute Gasteiger partial charge is 0.324 e. The van der Waals surface area contributed by atoms with Crippen LogP contribution in [0.15, 0.2) is 55.6 Å². The molecule has 1 aromatic carbocycles. The second-order valence-electron chi connectivity index (χ2n) is 4.00. The lowest BCUT2D eigenvalue weighted by molar-refractivity contribution is 0.475. The van der Waals surface area contributed by atoms with Crippen molar-refractivity contribution in [2.75, 3.05) is 16.8 Å². The highest BCUT2D eigenvalue weighted by molar-refractivity contribution is 8.15. The van der Waals surface area contributed by atoms with Gasteiger partial charge in [-0.05, 0) is 12.1 Å². The fourth-order valence-electron chi connectivity index (χ4n) is 1.53. The fraction of sp³-hybridized carbons (Fsp3) is 0.231. The van der Waals surface area contributed by atoms with E-state index in [1.54, 1.807) is 18.2 Å². The summed E-state index contributed by atoms with van der Waals surface area (Å²) in [7, 11) is -4.10. The molecule has 0 N–H and O–H groups in total. The Morgan fingerprint density at radius 2 is 1.68 bits per heavy atom. The molecular formula is C13H15Cl2FN2O2S2. The van der Waals surface area contributed by atoms with Gasteiger partial charge in [0.2, 0.25) is 0 Å². The highest BCUT2D eigenvalue weighted by Gasteiger charge is 2.37. The molecule has 0 unspecified atom stereocenters. The molecule has 122 valence electrons. The quantitative estimate of drug-likeness (QED) is 0.365. The first-order valence-corrected chi connectivity index (χ1v) is 8.98. The van der Waals surface area contributed by atoms with Gasteiger partial charge in [-0.25, -0.2) is 0 Å². The van der Waals surface area contributed by atoms with Crippen LogP contribution < -0.4 is 3.71 Å². The van der Waals surface area contributed by atoms with E-state index in [4.69, 9.17) is 23.2 Å². The molecule has 0 aliphatic rings. The zero-order valence-corrected chi connectivity index (χ0v) is 14.7. The van der Waals surface area contributed by atoms with Gasteiger partial charge in [0.05, 0.1) is 5.69 Å². The number of hydrogen-bond acceptors (Lipinski definition) is 3. The van der Waals surface area contributed by atoms with Gasteiger partial charge < -0.3 is 0 Å². The van der Waals surface area contributed by atoms with E-state index in [1.807, 2.05) is 0 Å². The zero-order valence-electron chi connectivity index (χ0n) is 11.5. The summed E-state index contributed by atoms with van der Waals surface area (Å²) >= 11 is 10.8. The number of halogens is 3. The number of hydrogen-bond donors (Lipinski definition) is 0. The standard InChI is InChI=1S/C13H15Cl2FN2O2S2/c1-3-10-17(11-4-2)22(19,20)18(21-13(14,15)16)12-8-6-5-7-9-12/h3-9H,1-2,10-11H2. The van der Waals surface area contributed by atoms with Crippen molar-refractivity contribution in [1.82, 2.24) is 4.31 Å². The van der Waals surface area contributed by atoms with E-state index in [-0.39, 0.29) is 30.7 Å². The maximum Gasteiger partial charge on any atom is 0.324 e. The molecule has 0 fully saturated rings. The third-order valence-corrected chi connectivity index (χ3v) is 5.72. The van der Waals surface area contributed by atoms with E-state index in [9.17, 15) is 12.8 Å². The molecule has 0 amide bonds. The molecule has 0 aliphatic carbocycles. The van der Waals surface area contributed by atoms with Gasteiger partial charge in [0.1, 0.15) is 0 Å². The summed E-state index contributed by atoms with van der Waals surface area (Å²) in [6, 6.07) is 7.95. The van der Waals surface area contributed by atoms with Crippen LogP contribution in [0.1, 0.15) is 0 Å². The Morgan fingerprint density at radius 1 is 1.18 bits per heavy atom. The van der Waals surface area contributed by atoms with E-state index in [1.165, 1.54) is 24.3 Å². The highest BCUT2D eigenvalue weighted by Crippen LogP contribution is 2.42. The van der Waals surface area contributed by atoms with Gasteiger partial charge in [-0.3, -0.25) is 0 Å². The van der Waals surface area contributed by atoms with E-state index in [0.29, 0.717) is 0 Å². The molecule has 0 bridgehead atoms. The van der Waals surface area contributed by atoms with Crippen LogP contribution in [-0.4, -0.2) is 29.7 Å². The SMILES string of the molecule is C=CCN(CC=C)S(=O)(=O)N(SC(F)(Cl)Cl)c1ccccc1. The summed E-state index contributed by atoms with van der Waals surface area (Å²) in [5.41, 5.74) is 0.217. The summed E-state index contributed by atoms with van der Waals surface area (Å²) in [6.07, 6.45) is 2.83. The van der Waals surface area contributed by atoms with E-state index < -0.39 is 14.1 Å². The topological polar surface area (TPSA) is 40.6 Å². The van der Waals surface area contributed by atoms with Crippen molar-refractivity contribution in [2.45, 2.75) is 3.92 Å². The predicted octanol–water partition coefficient (Wildman–Crippen LogP) is 4.12. The van der Waals surface area contributed by atoms with Gasteiger partial charge in [-0.2, -0.15) is 20.8 Å². The molecule has 0 aromatic heterocycles. The predicted molar refractivity (Wildman–Crippen MR) is 92.9 cm³/mol. The van der Waals surface area contributed by atoms with Crippen LogP contribution in [0, 0.1) is 0 Å². The molecule has 4 nitrogen and oxygen atoms in total. The van der Waals surface area contributed by atoms with Gasteiger partial charge >= 0.3 is 14.1 Å². The highest BCUT2D eigenvalue weighted by atomic mass is 35.5. The Kier molecular flexibility index (Phi) is 7.21. The molecule has 0 radical (unpaired) electrons. The van der Waals surface area contributed by atoms with Gasteiger partial charge in [0, 0.05) is 25.0 Å². The maximum atomic E-state index is 13.6. The van der Waals surface area contributed by atoms with Crippen molar-refractivity contribution in [3.8, 4) is 0 Å². The summed E-state index contributed by atoms with van der Waals surface area (Å²) < 4.78 is 38.1. The van der Waals surface area contributed by atoms with Gasteiger partial charge in [-0.1, -0.05) is 53.6 Å². The molecule has 22 heavy (non-hydrogen) atoms. The average Bonchev–Trinajstić information content (AvgIpc) is 2.44. The molecule has 9 heteroatoms. The first-order chi connectivity index (χ1) is 10.2. The lowest BCUT2D eigenvalue weighted by Gasteiger charge is -2.30. The average molecular weight is 385 g/mol. The Bertz CT molecular complexity index is 596. The third kappa shape index (κ3) is 5.48. The first-order valence-electron chi connectivity index (χ1n) is 6.05. The van der Waals surface area contributed by atoms with Gasteiger partial charge in [0.15, 0.2) is 0 Å². The van der Waals surface area contributed by atoms with Crippen molar-refractivity contribution >= 4 is 51.0 Å². The summed E-state index contributed by atoms with van der Waals surface area (Å²) in [6.45, 7) is 7.08. The van der Waals surface area contributed by atoms with Crippen LogP contribution in [0.4, 0.5) is 10.1 Å². The number of benzene rings is 1. The molecule has 0 atom stereocenters. The lowest BCUT2D eigenvalue weighted by Crippen LogP contribution is -2.42. The minimum Gasteiger partial charge on any atom is -0.194 e. The molecule has 0 spiro atoms. The van der Waals surface area contributed by atoms with Crippen LogP contribution >= 0.6 is 35.1 Å². The monoisotopic (exact) mass is 384 g/mol. The molecule has 1 aromatic rings. The molecular weight excluding hydrogens is 370 g/mol. The number of para-hydroxylation sites is 1. The number of nitrogens with zero attached hydrogens (tertiary/aromatic N) is 2. The Morgan fingerprint density at radius 3 is 2.09 bits per heavy atom. The fourth-order valence-corrected chi connectivity index (χ4v) is 4.76. The minimum absolute atomic E-state index is 0.0299. The van der Waals surface area contributed by atoms with Crippen LogP contribution in [0.5, 0.6) is 0 Å². The maximum absolute atomic E-state index is 13.6. The molecule has 1 rings (SSSR count). The summed E-state index contributed by atoms with van der Waals surface area (Å²) in [5.74, 6) is 0. The second kappa shape index (κ2) is 8.21. The summed E-state index contributed by atoms with van der Waals surface area (Å²) in [5, 5.41) is 0. The van der Waals surface area contributed by atoms with Crippen molar-refractivity contribution in [2.24, 2.45) is 0 Å². The minimum atomic E-state index is -4.10. The number of anilines is 1. The number of rotatable bonds is 9. The van der Waals surface area contributed by atoms with Crippen molar-refractivity contribution in [3.05, 3.63) is 55.6 Å². The second-order valence-corrected chi connectivity index (χ2v) is 8.80. The molecule has 0 heterocycles. The molecule has 0 aliphatic heterocycles. The summed E-state index contributed by atoms with van der Waals surface area (Å²) in [4.78, 5) is 0. The lowest BCUT2D eigenvalue weighted by atomic mass is 10.3. The smallest absolute Gasteiger partial charge is 0.194 e.